The monoisotopic (exact) mass is 472 g/mol. The Labute approximate surface area is 188 Å². The summed E-state index contributed by atoms with van der Waals surface area (Å²) in [5, 5.41) is 0.520. The summed E-state index contributed by atoms with van der Waals surface area (Å²) >= 11 is 3.04. The number of rotatable bonds is 8. The Kier molecular flexibility index (Phi) is 6.45. The van der Waals surface area contributed by atoms with Gasteiger partial charge in [0.2, 0.25) is 5.91 Å². The van der Waals surface area contributed by atoms with Crippen molar-refractivity contribution < 1.29 is 17.6 Å². The van der Waals surface area contributed by atoms with Crippen LogP contribution in [0.2, 0.25) is 0 Å². The predicted octanol–water partition coefficient (Wildman–Crippen LogP) is 5.01. The molecule has 2 heterocycles. The average molecular weight is 473 g/mol. The van der Waals surface area contributed by atoms with E-state index in [1.165, 1.54) is 28.4 Å². The average Bonchev–Trinajstić information content (AvgIpc) is 3.45. The second-order valence-corrected chi connectivity index (χ2v) is 10.8. The van der Waals surface area contributed by atoms with Gasteiger partial charge in [-0.25, -0.2) is 13.4 Å². The van der Waals surface area contributed by atoms with Crippen molar-refractivity contribution in [2.45, 2.75) is 22.8 Å². The number of aromatic nitrogens is 1. The fourth-order valence-corrected chi connectivity index (χ4v) is 5.85. The van der Waals surface area contributed by atoms with E-state index in [0.29, 0.717) is 10.9 Å². The zero-order valence-electron chi connectivity index (χ0n) is 16.7. The lowest BCUT2D eigenvalue weighted by Crippen LogP contribution is -2.31. The summed E-state index contributed by atoms with van der Waals surface area (Å²) < 4.78 is 31.6. The van der Waals surface area contributed by atoms with E-state index in [2.05, 4.69) is 4.98 Å². The number of hydrogen-bond donors (Lipinski definition) is 0. The van der Waals surface area contributed by atoms with Gasteiger partial charge in [0.25, 0.3) is 0 Å². The highest BCUT2D eigenvalue weighted by Crippen LogP contribution is 2.32. The van der Waals surface area contributed by atoms with Crippen LogP contribution in [0.1, 0.15) is 12.2 Å². The van der Waals surface area contributed by atoms with Gasteiger partial charge in [0, 0.05) is 11.3 Å². The molecule has 0 spiro atoms. The number of nitrogens with zero attached hydrogens (tertiary/aromatic N) is 2. The van der Waals surface area contributed by atoms with Gasteiger partial charge in [-0.3, -0.25) is 9.69 Å². The molecule has 0 radical (unpaired) electrons. The van der Waals surface area contributed by atoms with Crippen LogP contribution >= 0.6 is 23.1 Å². The third-order valence-corrected chi connectivity index (χ3v) is 8.20. The molecule has 4 rings (SSSR count). The molecule has 0 unspecified atom stereocenters. The van der Waals surface area contributed by atoms with E-state index in [1.807, 2.05) is 24.5 Å². The number of sulfone groups is 1. The number of thioether (sulfide) groups is 1. The van der Waals surface area contributed by atoms with Crippen LogP contribution in [0.4, 0.5) is 5.13 Å². The highest BCUT2D eigenvalue weighted by molar-refractivity contribution is 7.98. The van der Waals surface area contributed by atoms with Crippen LogP contribution in [0.5, 0.6) is 0 Å². The molecule has 1 amide bonds. The van der Waals surface area contributed by atoms with Gasteiger partial charge >= 0.3 is 0 Å². The van der Waals surface area contributed by atoms with E-state index in [9.17, 15) is 13.2 Å². The number of benzene rings is 2. The second-order valence-electron chi connectivity index (χ2n) is 6.77. The third kappa shape index (κ3) is 5.00. The fraction of sp³-hybridized carbons (Fsp3) is 0.182. The SMILES string of the molecule is CSc1ccc2nc(N(Cc3ccco3)C(=O)CCS(=O)(=O)c3ccccc3)sc2c1. The van der Waals surface area contributed by atoms with Gasteiger partial charge in [-0.1, -0.05) is 29.5 Å². The number of fused-ring (bicyclic) bond motifs is 1. The summed E-state index contributed by atoms with van der Waals surface area (Å²) in [7, 11) is -3.56. The van der Waals surface area contributed by atoms with Crippen molar-refractivity contribution in [3.63, 3.8) is 0 Å². The number of carbonyl (C=O) groups excluding carboxylic acids is 1. The standard InChI is InChI=1S/C22H20N2O4S3/c1-29-17-9-10-19-20(14-17)30-22(23-19)24(15-16-6-5-12-28-16)21(25)11-13-31(26,27)18-7-3-2-4-8-18/h2-10,12,14H,11,13,15H2,1H3. The van der Waals surface area contributed by atoms with Crippen molar-refractivity contribution in [2.24, 2.45) is 0 Å². The first-order chi connectivity index (χ1) is 15.0. The van der Waals surface area contributed by atoms with Gasteiger partial charge in [-0.2, -0.15) is 0 Å². The molecule has 0 fully saturated rings. The van der Waals surface area contributed by atoms with Gasteiger partial charge in [-0.15, -0.1) is 11.8 Å². The molecule has 0 saturated heterocycles. The minimum absolute atomic E-state index is 0.149. The van der Waals surface area contributed by atoms with Crippen LogP contribution < -0.4 is 4.90 Å². The summed E-state index contributed by atoms with van der Waals surface area (Å²) in [5.41, 5.74) is 0.798. The molecular weight excluding hydrogens is 452 g/mol. The van der Waals surface area contributed by atoms with Crippen LogP contribution in [-0.2, 0) is 21.2 Å². The number of amides is 1. The maximum absolute atomic E-state index is 13.1. The van der Waals surface area contributed by atoms with E-state index < -0.39 is 9.84 Å². The van der Waals surface area contributed by atoms with Gasteiger partial charge in [0.05, 0.1) is 33.7 Å². The van der Waals surface area contributed by atoms with Crippen molar-refractivity contribution in [1.82, 2.24) is 4.98 Å². The summed E-state index contributed by atoms with van der Waals surface area (Å²) in [5.74, 6) is 0.00910. The van der Waals surface area contributed by atoms with E-state index >= 15 is 0 Å². The Bertz CT molecular complexity index is 1280. The molecule has 0 N–H and O–H groups in total. The first-order valence-corrected chi connectivity index (χ1v) is 13.2. The Morgan fingerprint density at radius 1 is 1.13 bits per heavy atom. The highest BCUT2D eigenvalue weighted by atomic mass is 32.2. The number of hydrogen-bond acceptors (Lipinski definition) is 7. The first kappa shape index (κ1) is 21.6. The molecule has 6 nitrogen and oxygen atoms in total. The summed E-state index contributed by atoms with van der Waals surface area (Å²) in [6.07, 6.45) is 3.40. The van der Waals surface area contributed by atoms with Crippen LogP contribution in [0, 0.1) is 0 Å². The van der Waals surface area contributed by atoms with Crippen molar-refractivity contribution >= 4 is 54.2 Å². The summed E-state index contributed by atoms with van der Waals surface area (Å²) in [6, 6.07) is 17.7. The maximum atomic E-state index is 13.1. The minimum Gasteiger partial charge on any atom is -0.467 e. The highest BCUT2D eigenvalue weighted by Gasteiger charge is 2.24. The second kappa shape index (κ2) is 9.25. The van der Waals surface area contributed by atoms with E-state index in [1.54, 1.807) is 48.4 Å². The fourth-order valence-electron chi connectivity index (χ4n) is 3.06. The lowest BCUT2D eigenvalue weighted by Gasteiger charge is -2.18. The molecule has 0 atom stereocenters. The normalized spacial score (nSPS) is 11.6. The largest absolute Gasteiger partial charge is 0.467 e. The van der Waals surface area contributed by atoms with Crippen LogP contribution in [0.25, 0.3) is 10.2 Å². The molecule has 2 aromatic heterocycles. The Morgan fingerprint density at radius 2 is 1.94 bits per heavy atom. The first-order valence-electron chi connectivity index (χ1n) is 9.51. The Hall–Kier alpha value is -2.62. The molecule has 160 valence electrons. The van der Waals surface area contributed by atoms with Crippen LogP contribution in [0.15, 0.2) is 81.1 Å². The van der Waals surface area contributed by atoms with Crippen molar-refractivity contribution in [3.8, 4) is 0 Å². The number of anilines is 1. The van der Waals surface area contributed by atoms with Crippen molar-refractivity contribution in [1.29, 1.82) is 0 Å². The Balaban J connectivity index is 1.59. The van der Waals surface area contributed by atoms with E-state index in [4.69, 9.17) is 4.42 Å². The summed E-state index contributed by atoms with van der Waals surface area (Å²) in [4.78, 5) is 20.6. The molecule has 0 saturated carbocycles. The maximum Gasteiger partial charge on any atom is 0.230 e. The van der Waals surface area contributed by atoms with Gasteiger partial charge < -0.3 is 4.42 Å². The number of furan rings is 1. The molecule has 0 bridgehead atoms. The summed E-state index contributed by atoms with van der Waals surface area (Å²) in [6.45, 7) is 0.187. The van der Waals surface area contributed by atoms with Gasteiger partial charge in [-0.05, 0) is 48.7 Å². The number of thiazole rings is 1. The third-order valence-electron chi connectivity index (χ3n) is 4.70. The number of carbonyl (C=O) groups is 1. The molecule has 0 aliphatic rings. The molecule has 0 aliphatic carbocycles. The van der Waals surface area contributed by atoms with Crippen molar-refractivity contribution in [3.05, 3.63) is 72.7 Å². The van der Waals surface area contributed by atoms with Crippen LogP contribution in [0.3, 0.4) is 0 Å². The molecule has 2 aromatic carbocycles. The van der Waals surface area contributed by atoms with Gasteiger partial charge in [0.15, 0.2) is 15.0 Å². The molecule has 0 aliphatic heterocycles. The lowest BCUT2D eigenvalue weighted by atomic mass is 10.3. The minimum atomic E-state index is -3.56. The topological polar surface area (TPSA) is 80.5 Å². The van der Waals surface area contributed by atoms with Crippen LogP contribution in [-0.4, -0.2) is 31.3 Å². The molecule has 4 aromatic rings. The van der Waals surface area contributed by atoms with E-state index in [0.717, 1.165) is 15.1 Å². The van der Waals surface area contributed by atoms with E-state index in [-0.39, 0.29) is 29.5 Å². The lowest BCUT2D eigenvalue weighted by molar-refractivity contribution is -0.118. The Morgan fingerprint density at radius 3 is 2.65 bits per heavy atom. The van der Waals surface area contributed by atoms with Gasteiger partial charge in [0.1, 0.15) is 5.76 Å². The molecule has 9 heteroatoms. The van der Waals surface area contributed by atoms with Crippen molar-refractivity contribution in [2.75, 3.05) is 16.9 Å². The smallest absolute Gasteiger partial charge is 0.230 e. The quantitative estimate of drug-likeness (QED) is 0.336. The zero-order chi connectivity index (χ0) is 21.8. The molecule has 31 heavy (non-hydrogen) atoms. The molecular formula is C22H20N2O4S3. The predicted molar refractivity (Wildman–Crippen MR) is 124 cm³/mol. The zero-order valence-corrected chi connectivity index (χ0v) is 19.2.